The summed E-state index contributed by atoms with van der Waals surface area (Å²) in [6.07, 6.45) is 0.104. The van der Waals surface area contributed by atoms with Crippen LogP contribution < -0.4 is 9.47 Å². The Hall–Kier alpha value is -2.48. The minimum Gasteiger partial charge on any atom is -0.504 e. The number of hydrogen-bond donors (Lipinski definition) is 5. The molecule has 146 valence electrons. The van der Waals surface area contributed by atoms with E-state index in [-0.39, 0.29) is 36.0 Å². The van der Waals surface area contributed by atoms with Gasteiger partial charge in [-0.25, -0.2) is 0 Å². The molecule has 0 fully saturated rings. The molecule has 5 N–H and O–H groups in total. The quantitative estimate of drug-likeness (QED) is 0.531. The Bertz CT molecular complexity index is 835. The van der Waals surface area contributed by atoms with E-state index in [1.54, 1.807) is 24.3 Å². The number of aliphatic hydroxyl groups is 3. The molecule has 0 unspecified atom stereocenters. The Labute approximate surface area is 157 Å². The van der Waals surface area contributed by atoms with Gasteiger partial charge in [-0.05, 0) is 41.0 Å². The van der Waals surface area contributed by atoms with Crippen LogP contribution in [-0.2, 0) is 6.42 Å². The summed E-state index contributed by atoms with van der Waals surface area (Å²) in [7, 11) is 2.86. The Balaban J connectivity index is 2.24. The molecule has 0 radical (unpaired) electrons. The molecule has 0 saturated carbocycles. The predicted octanol–water partition coefficient (Wildman–Crippen LogP) is 1.13. The predicted molar refractivity (Wildman–Crippen MR) is 97.5 cm³/mol. The number of rotatable bonds is 5. The minimum absolute atomic E-state index is 0.0344. The fourth-order valence-corrected chi connectivity index (χ4v) is 3.97. The zero-order chi connectivity index (χ0) is 19.8. The molecule has 7 heteroatoms. The molecule has 1 aliphatic rings. The van der Waals surface area contributed by atoms with Crippen molar-refractivity contribution >= 4 is 0 Å². The van der Waals surface area contributed by atoms with E-state index in [1.165, 1.54) is 20.3 Å². The number of benzene rings is 2. The zero-order valence-corrected chi connectivity index (χ0v) is 15.2. The molecule has 3 atom stereocenters. The summed E-state index contributed by atoms with van der Waals surface area (Å²) < 4.78 is 10.3. The van der Waals surface area contributed by atoms with Crippen LogP contribution in [0.25, 0.3) is 0 Å². The largest absolute Gasteiger partial charge is 0.504 e. The van der Waals surface area contributed by atoms with Crippen molar-refractivity contribution in [3.8, 4) is 23.0 Å². The zero-order valence-electron chi connectivity index (χ0n) is 15.2. The average molecular weight is 376 g/mol. The van der Waals surface area contributed by atoms with Crippen LogP contribution in [0.4, 0.5) is 0 Å². The van der Waals surface area contributed by atoms with E-state index in [2.05, 4.69) is 0 Å². The van der Waals surface area contributed by atoms with Crippen LogP contribution in [0.5, 0.6) is 23.0 Å². The summed E-state index contributed by atoms with van der Waals surface area (Å²) in [5, 5.41) is 51.1. The van der Waals surface area contributed by atoms with Gasteiger partial charge in [0.15, 0.2) is 23.0 Å². The van der Waals surface area contributed by atoms with E-state index in [0.717, 1.165) is 0 Å². The van der Waals surface area contributed by atoms with E-state index in [4.69, 9.17) is 9.47 Å². The molecule has 0 saturated heterocycles. The number of hydrogen-bond acceptors (Lipinski definition) is 7. The molecule has 3 rings (SSSR count). The van der Waals surface area contributed by atoms with Crippen molar-refractivity contribution in [1.82, 2.24) is 0 Å². The number of phenolic OH excluding ortho intramolecular Hbond substituents is 2. The lowest BCUT2D eigenvalue weighted by Gasteiger charge is -2.44. The summed E-state index contributed by atoms with van der Waals surface area (Å²) in [5.74, 6) is -0.842. The summed E-state index contributed by atoms with van der Waals surface area (Å²) in [5.41, 5.74) is 0.515. The lowest BCUT2D eigenvalue weighted by Crippen LogP contribution is -2.51. The van der Waals surface area contributed by atoms with Gasteiger partial charge in [0.05, 0.1) is 26.4 Å². The molecule has 2 aromatic carbocycles. The van der Waals surface area contributed by atoms with Crippen LogP contribution >= 0.6 is 0 Å². The molecule has 7 nitrogen and oxygen atoms in total. The van der Waals surface area contributed by atoms with Gasteiger partial charge < -0.3 is 35.0 Å². The van der Waals surface area contributed by atoms with Gasteiger partial charge in [0, 0.05) is 24.9 Å². The first-order chi connectivity index (χ1) is 12.9. The Kier molecular flexibility index (Phi) is 5.19. The molecule has 27 heavy (non-hydrogen) atoms. The third-order valence-corrected chi connectivity index (χ3v) is 5.40. The second-order valence-corrected chi connectivity index (χ2v) is 6.86. The number of fused-ring (bicyclic) bond motifs is 1. The Morgan fingerprint density at radius 3 is 2.26 bits per heavy atom. The van der Waals surface area contributed by atoms with E-state index in [9.17, 15) is 25.5 Å². The fraction of sp³-hybridized carbons (Fsp3) is 0.400. The van der Waals surface area contributed by atoms with Gasteiger partial charge in [-0.2, -0.15) is 0 Å². The van der Waals surface area contributed by atoms with Crippen molar-refractivity contribution in [1.29, 1.82) is 0 Å². The highest BCUT2D eigenvalue weighted by molar-refractivity contribution is 5.54. The molecule has 0 heterocycles. The monoisotopic (exact) mass is 376 g/mol. The van der Waals surface area contributed by atoms with Crippen LogP contribution in [0.1, 0.15) is 22.6 Å². The number of aromatic hydroxyl groups is 2. The Morgan fingerprint density at radius 1 is 1.00 bits per heavy atom. The number of ether oxygens (including phenoxy) is 2. The minimum atomic E-state index is -1.56. The molecule has 0 spiro atoms. The lowest BCUT2D eigenvalue weighted by atomic mass is 9.64. The highest BCUT2D eigenvalue weighted by Crippen LogP contribution is 2.49. The molecule has 1 aliphatic carbocycles. The van der Waals surface area contributed by atoms with Crippen LogP contribution in [-0.4, -0.2) is 58.6 Å². The maximum atomic E-state index is 11.0. The Morgan fingerprint density at radius 2 is 1.67 bits per heavy atom. The van der Waals surface area contributed by atoms with Gasteiger partial charge in [0.25, 0.3) is 0 Å². The first-order valence-electron chi connectivity index (χ1n) is 8.59. The third kappa shape index (κ3) is 3.18. The maximum absolute atomic E-state index is 11.0. The highest BCUT2D eigenvalue weighted by Gasteiger charge is 2.47. The summed E-state index contributed by atoms with van der Waals surface area (Å²) in [4.78, 5) is 0. The van der Waals surface area contributed by atoms with E-state index < -0.39 is 24.0 Å². The first kappa shape index (κ1) is 19.3. The second-order valence-electron chi connectivity index (χ2n) is 6.86. The van der Waals surface area contributed by atoms with Gasteiger partial charge in [-0.3, -0.25) is 0 Å². The fourth-order valence-electron chi connectivity index (χ4n) is 3.97. The standard InChI is InChI=1S/C20H24O7/c1-26-17-5-11(3-4-15(17)23)19-13-7-16(24)18(27-2)6-12(13)8-20(25,10-22)14(19)9-21/h3-7,14,19,21-25H,8-10H2,1-2H3/t14-,19+,20+/m1/s1. The van der Waals surface area contributed by atoms with Gasteiger partial charge >= 0.3 is 0 Å². The molecular weight excluding hydrogens is 352 g/mol. The highest BCUT2D eigenvalue weighted by atomic mass is 16.5. The van der Waals surface area contributed by atoms with E-state index in [0.29, 0.717) is 16.7 Å². The SMILES string of the molecule is COc1cc([C@H]2c3cc(O)c(OC)cc3C[C@](O)(CO)[C@@H]2CO)ccc1O. The van der Waals surface area contributed by atoms with Crippen LogP contribution in [0.15, 0.2) is 30.3 Å². The summed E-state index contributed by atoms with van der Waals surface area (Å²) >= 11 is 0. The van der Waals surface area contributed by atoms with Gasteiger partial charge in [0.2, 0.25) is 0 Å². The van der Waals surface area contributed by atoms with Crippen molar-refractivity contribution in [2.24, 2.45) is 5.92 Å². The molecule has 0 amide bonds. The average Bonchev–Trinajstić information content (AvgIpc) is 2.67. The molecule has 0 aliphatic heterocycles. The maximum Gasteiger partial charge on any atom is 0.160 e. The van der Waals surface area contributed by atoms with Crippen molar-refractivity contribution in [2.75, 3.05) is 27.4 Å². The normalized spacial score (nSPS) is 24.3. The number of methoxy groups -OCH3 is 2. The van der Waals surface area contributed by atoms with Crippen molar-refractivity contribution in [3.63, 3.8) is 0 Å². The molecule has 0 aromatic heterocycles. The van der Waals surface area contributed by atoms with Crippen molar-refractivity contribution in [2.45, 2.75) is 17.9 Å². The summed E-state index contributed by atoms with van der Waals surface area (Å²) in [6, 6.07) is 7.94. The number of aliphatic hydroxyl groups excluding tert-OH is 2. The summed E-state index contributed by atoms with van der Waals surface area (Å²) in [6.45, 7) is -0.913. The first-order valence-corrected chi connectivity index (χ1v) is 8.59. The smallest absolute Gasteiger partial charge is 0.160 e. The lowest BCUT2D eigenvalue weighted by molar-refractivity contribution is -0.0875. The van der Waals surface area contributed by atoms with Gasteiger partial charge in [-0.15, -0.1) is 0 Å². The van der Waals surface area contributed by atoms with Gasteiger partial charge in [-0.1, -0.05) is 6.07 Å². The topological polar surface area (TPSA) is 120 Å². The van der Waals surface area contributed by atoms with Crippen molar-refractivity contribution < 1.29 is 35.0 Å². The third-order valence-electron chi connectivity index (χ3n) is 5.40. The van der Waals surface area contributed by atoms with Crippen LogP contribution in [0.3, 0.4) is 0 Å². The van der Waals surface area contributed by atoms with Gasteiger partial charge in [0.1, 0.15) is 0 Å². The van der Waals surface area contributed by atoms with Crippen LogP contribution in [0.2, 0.25) is 0 Å². The van der Waals surface area contributed by atoms with E-state index in [1.807, 2.05) is 0 Å². The number of phenols is 2. The van der Waals surface area contributed by atoms with E-state index >= 15 is 0 Å². The van der Waals surface area contributed by atoms with Crippen LogP contribution in [0, 0.1) is 5.92 Å². The molecular formula is C20H24O7. The molecule has 0 bridgehead atoms. The van der Waals surface area contributed by atoms with Crippen molar-refractivity contribution in [3.05, 3.63) is 47.0 Å². The molecule has 2 aromatic rings. The second kappa shape index (κ2) is 7.26.